The Kier molecular flexibility index (Phi) is 2.35. The third kappa shape index (κ3) is 2.00. The first-order valence-electron chi connectivity index (χ1n) is 4.41. The minimum absolute atomic E-state index is 0.101. The van der Waals surface area contributed by atoms with Gasteiger partial charge in [-0.05, 0) is 37.0 Å². The van der Waals surface area contributed by atoms with Crippen LogP contribution in [0.4, 0.5) is 13.2 Å². The van der Waals surface area contributed by atoms with Gasteiger partial charge in [0.2, 0.25) is 0 Å². The van der Waals surface area contributed by atoms with Crippen molar-refractivity contribution in [3.05, 3.63) is 29.6 Å². The molecule has 1 fully saturated rings. The molecule has 4 heteroatoms. The van der Waals surface area contributed by atoms with Crippen LogP contribution in [0.2, 0.25) is 0 Å². The lowest BCUT2D eigenvalue weighted by atomic mass is 10.1. The fourth-order valence-corrected chi connectivity index (χ4v) is 1.44. The van der Waals surface area contributed by atoms with Gasteiger partial charge in [0.15, 0.2) is 0 Å². The second kappa shape index (κ2) is 3.52. The summed E-state index contributed by atoms with van der Waals surface area (Å²) in [5.74, 6) is -0.114. The standard InChI is InChI=1S/C10H9F3O/c11-7-3-4-9(14-10(12)13)8(5-7)6-1-2-6/h3-6,10H,1-2H2. The molecular weight excluding hydrogens is 193 g/mol. The largest absolute Gasteiger partial charge is 0.435 e. The summed E-state index contributed by atoms with van der Waals surface area (Å²) in [4.78, 5) is 0. The highest BCUT2D eigenvalue weighted by molar-refractivity contribution is 5.39. The molecule has 0 bridgehead atoms. The molecule has 0 unspecified atom stereocenters. The molecule has 2 rings (SSSR count). The quantitative estimate of drug-likeness (QED) is 0.730. The summed E-state index contributed by atoms with van der Waals surface area (Å²) in [7, 11) is 0. The Morgan fingerprint density at radius 3 is 2.57 bits per heavy atom. The smallest absolute Gasteiger partial charge is 0.387 e. The second-order valence-corrected chi connectivity index (χ2v) is 3.33. The third-order valence-electron chi connectivity index (χ3n) is 2.21. The number of benzene rings is 1. The molecule has 1 aromatic carbocycles. The maximum Gasteiger partial charge on any atom is 0.387 e. The highest BCUT2D eigenvalue weighted by Crippen LogP contribution is 2.44. The van der Waals surface area contributed by atoms with Crippen LogP contribution in [0.3, 0.4) is 0 Å². The van der Waals surface area contributed by atoms with Gasteiger partial charge in [-0.2, -0.15) is 8.78 Å². The number of ether oxygens (including phenoxy) is 1. The average Bonchev–Trinajstić information content (AvgIpc) is 2.90. The van der Waals surface area contributed by atoms with Crippen molar-refractivity contribution >= 4 is 0 Å². The summed E-state index contributed by atoms with van der Waals surface area (Å²) < 4.78 is 41.1. The van der Waals surface area contributed by atoms with E-state index >= 15 is 0 Å². The van der Waals surface area contributed by atoms with E-state index in [1.807, 2.05) is 0 Å². The van der Waals surface area contributed by atoms with Gasteiger partial charge in [-0.25, -0.2) is 4.39 Å². The van der Waals surface area contributed by atoms with Crippen LogP contribution in [0.15, 0.2) is 18.2 Å². The molecule has 0 amide bonds. The Hall–Kier alpha value is -1.19. The molecule has 0 radical (unpaired) electrons. The van der Waals surface area contributed by atoms with Crippen LogP contribution in [-0.2, 0) is 0 Å². The van der Waals surface area contributed by atoms with E-state index in [1.54, 1.807) is 0 Å². The van der Waals surface area contributed by atoms with Gasteiger partial charge < -0.3 is 4.74 Å². The molecule has 76 valence electrons. The van der Waals surface area contributed by atoms with Gasteiger partial charge in [-0.15, -0.1) is 0 Å². The molecule has 1 saturated carbocycles. The van der Waals surface area contributed by atoms with E-state index < -0.39 is 12.4 Å². The van der Waals surface area contributed by atoms with E-state index in [9.17, 15) is 13.2 Å². The molecule has 0 N–H and O–H groups in total. The molecule has 0 heterocycles. The lowest BCUT2D eigenvalue weighted by Crippen LogP contribution is -2.04. The van der Waals surface area contributed by atoms with Crippen molar-refractivity contribution in [3.8, 4) is 5.75 Å². The van der Waals surface area contributed by atoms with Gasteiger partial charge in [0.25, 0.3) is 0 Å². The predicted octanol–water partition coefficient (Wildman–Crippen LogP) is 3.30. The first-order chi connectivity index (χ1) is 6.66. The highest BCUT2D eigenvalue weighted by Gasteiger charge is 2.28. The minimum atomic E-state index is -2.85. The predicted molar refractivity (Wildman–Crippen MR) is 45.0 cm³/mol. The molecule has 1 nitrogen and oxygen atoms in total. The summed E-state index contributed by atoms with van der Waals surface area (Å²) >= 11 is 0. The normalized spacial score (nSPS) is 16.0. The van der Waals surface area contributed by atoms with E-state index in [4.69, 9.17) is 0 Å². The van der Waals surface area contributed by atoms with E-state index in [0.717, 1.165) is 18.9 Å². The Labute approximate surface area is 79.5 Å². The van der Waals surface area contributed by atoms with E-state index in [-0.39, 0.29) is 11.7 Å². The molecule has 0 saturated heterocycles. The molecule has 0 atom stereocenters. The third-order valence-corrected chi connectivity index (χ3v) is 2.21. The molecule has 0 aromatic heterocycles. The topological polar surface area (TPSA) is 9.23 Å². The second-order valence-electron chi connectivity index (χ2n) is 3.33. The summed E-state index contributed by atoms with van der Waals surface area (Å²) in [6.45, 7) is -2.85. The van der Waals surface area contributed by atoms with Crippen LogP contribution in [-0.4, -0.2) is 6.61 Å². The molecule has 1 aliphatic rings. The van der Waals surface area contributed by atoms with Gasteiger partial charge in [-0.3, -0.25) is 0 Å². The Morgan fingerprint density at radius 1 is 1.29 bits per heavy atom. The summed E-state index contributed by atoms with van der Waals surface area (Å²) in [6.07, 6.45) is 1.84. The number of rotatable bonds is 3. The van der Waals surface area contributed by atoms with Gasteiger partial charge in [0.05, 0.1) is 0 Å². The Morgan fingerprint density at radius 2 is 2.00 bits per heavy atom. The zero-order chi connectivity index (χ0) is 10.1. The minimum Gasteiger partial charge on any atom is -0.435 e. The van der Waals surface area contributed by atoms with E-state index in [2.05, 4.69) is 4.74 Å². The van der Waals surface area contributed by atoms with Crippen LogP contribution in [0.5, 0.6) is 5.75 Å². The van der Waals surface area contributed by atoms with Crippen LogP contribution in [0.25, 0.3) is 0 Å². The van der Waals surface area contributed by atoms with Crippen LogP contribution >= 0.6 is 0 Å². The SMILES string of the molecule is Fc1ccc(OC(F)F)c(C2CC2)c1. The zero-order valence-electron chi connectivity index (χ0n) is 7.34. The van der Waals surface area contributed by atoms with Gasteiger partial charge in [-0.1, -0.05) is 0 Å². The lowest BCUT2D eigenvalue weighted by molar-refractivity contribution is -0.0504. The van der Waals surface area contributed by atoms with Crippen molar-refractivity contribution in [1.29, 1.82) is 0 Å². The van der Waals surface area contributed by atoms with E-state index in [0.29, 0.717) is 5.56 Å². The maximum absolute atomic E-state index is 12.8. The highest BCUT2D eigenvalue weighted by atomic mass is 19.3. The Bertz CT molecular complexity index is 334. The summed E-state index contributed by atoms with van der Waals surface area (Å²) in [5.41, 5.74) is 0.560. The summed E-state index contributed by atoms with van der Waals surface area (Å²) in [6, 6.07) is 3.66. The Balaban J connectivity index is 2.27. The van der Waals surface area contributed by atoms with Crippen molar-refractivity contribution < 1.29 is 17.9 Å². The van der Waals surface area contributed by atoms with Crippen molar-refractivity contribution in [2.45, 2.75) is 25.4 Å². The summed E-state index contributed by atoms with van der Waals surface area (Å²) in [5, 5.41) is 0. The first-order valence-corrected chi connectivity index (χ1v) is 4.41. The van der Waals surface area contributed by atoms with E-state index in [1.165, 1.54) is 12.1 Å². The van der Waals surface area contributed by atoms with Gasteiger partial charge in [0.1, 0.15) is 11.6 Å². The fourth-order valence-electron chi connectivity index (χ4n) is 1.44. The van der Waals surface area contributed by atoms with Gasteiger partial charge in [0, 0.05) is 5.56 Å². The van der Waals surface area contributed by atoms with Gasteiger partial charge >= 0.3 is 6.61 Å². The van der Waals surface area contributed by atoms with Crippen molar-refractivity contribution in [2.75, 3.05) is 0 Å². The molecular formula is C10H9F3O. The molecule has 14 heavy (non-hydrogen) atoms. The number of hydrogen-bond acceptors (Lipinski definition) is 1. The maximum atomic E-state index is 12.8. The van der Waals surface area contributed by atoms with Crippen LogP contribution in [0.1, 0.15) is 24.3 Å². The number of alkyl halides is 2. The lowest BCUT2D eigenvalue weighted by Gasteiger charge is -2.09. The molecule has 1 aliphatic carbocycles. The first kappa shape index (κ1) is 9.37. The van der Waals surface area contributed by atoms with Crippen LogP contribution < -0.4 is 4.74 Å². The van der Waals surface area contributed by atoms with Crippen molar-refractivity contribution in [1.82, 2.24) is 0 Å². The van der Waals surface area contributed by atoms with Crippen molar-refractivity contribution in [3.63, 3.8) is 0 Å². The zero-order valence-corrected chi connectivity index (χ0v) is 7.34. The molecule has 0 spiro atoms. The van der Waals surface area contributed by atoms with Crippen molar-refractivity contribution in [2.24, 2.45) is 0 Å². The number of halogens is 3. The average molecular weight is 202 g/mol. The monoisotopic (exact) mass is 202 g/mol. The molecule has 1 aromatic rings. The van der Waals surface area contributed by atoms with Crippen LogP contribution in [0, 0.1) is 5.82 Å². The number of hydrogen-bond donors (Lipinski definition) is 0. The fraction of sp³-hybridized carbons (Fsp3) is 0.400. The molecule has 0 aliphatic heterocycles.